The molecular formula is C17H14O3. The van der Waals surface area contributed by atoms with E-state index in [1.165, 1.54) is 6.26 Å². The maximum Gasteiger partial charge on any atom is 0.199 e. The molecule has 3 heteroatoms. The largest absolute Gasteiger partial charge is 0.488 e. The van der Waals surface area contributed by atoms with Gasteiger partial charge in [-0.2, -0.15) is 0 Å². The maximum absolute atomic E-state index is 12.3. The van der Waals surface area contributed by atoms with Gasteiger partial charge in [0.15, 0.2) is 5.43 Å². The first-order valence-corrected chi connectivity index (χ1v) is 6.43. The van der Waals surface area contributed by atoms with Crippen molar-refractivity contribution in [2.75, 3.05) is 0 Å². The molecule has 0 atom stereocenters. The summed E-state index contributed by atoms with van der Waals surface area (Å²) in [5, 5.41) is 0.582. The topological polar surface area (TPSA) is 39.4 Å². The van der Waals surface area contributed by atoms with E-state index in [4.69, 9.17) is 9.15 Å². The highest BCUT2D eigenvalue weighted by molar-refractivity contribution is 5.76. The number of hydrogen-bond acceptors (Lipinski definition) is 3. The SMILES string of the molecule is Cc1ccccc1OCc1coc2ccccc2c1=O. The second kappa shape index (κ2) is 5.21. The number of ether oxygens (including phenoxy) is 1. The van der Waals surface area contributed by atoms with Gasteiger partial charge in [-0.05, 0) is 30.7 Å². The van der Waals surface area contributed by atoms with Crippen molar-refractivity contribution in [2.45, 2.75) is 13.5 Å². The molecule has 0 fully saturated rings. The number of hydrogen-bond donors (Lipinski definition) is 0. The van der Waals surface area contributed by atoms with Gasteiger partial charge in [0.05, 0.1) is 10.9 Å². The predicted molar refractivity (Wildman–Crippen MR) is 78.0 cm³/mol. The Morgan fingerprint density at radius 2 is 1.80 bits per heavy atom. The predicted octanol–water partition coefficient (Wildman–Crippen LogP) is 3.68. The fourth-order valence-electron chi connectivity index (χ4n) is 2.09. The highest BCUT2D eigenvalue weighted by atomic mass is 16.5. The van der Waals surface area contributed by atoms with Crippen LogP contribution in [0, 0.1) is 6.92 Å². The highest BCUT2D eigenvalue weighted by Crippen LogP contribution is 2.18. The molecule has 0 bridgehead atoms. The Bertz CT molecular complexity index is 802. The lowest BCUT2D eigenvalue weighted by molar-refractivity contribution is 0.300. The van der Waals surface area contributed by atoms with Crippen LogP contribution in [0.3, 0.4) is 0 Å². The number of benzene rings is 2. The van der Waals surface area contributed by atoms with Gasteiger partial charge >= 0.3 is 0 Å². The summed E-state index contributed by atoms with van der Waals surface area (Å²) in [5.41, 5.74) is 2.11. The smallest absolute Gasteiger partial charge is 0.199 e. The number of fused-ring (bicyclic) bond motifs is 1. The Morgan fingerprint density at radius 3 is 2.65 bits per heavy atom. The molecule has 0 unspecified atom stereocenters. The third-order valence-electron chi connectivity index (χ3n) is 3.23. The quantitative estimate of drug-likeness (QED) is 0.726. The normalized spacial score (nSPS) is 10.7. The molecule has 0 aliphatic heterocycles. The zero-order valence-corrected chi connectivity index (χ0v) is 11.1. The van der Waals surface area contributed by atoms with Crippen LogP contribution in [0.25, 0.3) is 11.0 Å². The minimum atomic E-state index is -0.0413. The first-order chi connectivity index (χ1) is 9.75. The van der Waals surface area contributed by atoms with Crippen LogP contribution in [0.5, 0.6) is 5.75 Å². The van der Waals surface area contributed by atoms with E-state index in [1.807, 2.05) is 43.3 Å². The third-order valence-corrected chi connectivity index (χ3v) is 3.23. The molecule has 3 aromatic rings. The van der Waals surface area contributed by atoms with Gasteiger partial charge in [0.25, 0.3) is 0 Å². The Morgan fingerprint density at radius 1 is 1.05 bits per heavy atom. The van der Waals surface area contributed by atoms with Crippen LogP contribution in [0.2, 0.25) is 0 Å². The van der Waals surface area contributed by atoms with Crippen LogP contribution in [0.1, 0.15) is 11.1 Å². The van der Waals surface area contributed by atoms with Crippen molar-refractivity contribution in [3.63, 3.8) is 0 Å². The van der Waals surface area contributed by atoms with Gasteiger partial charge in [0.1, 0.15) is 24.2 Å². The second-order valence-corrected chi connectivity index (χ2v) is 4.64. The van der Waals surface area contributed by atoms with E-state index in [0.717, 1.165) is 11.3 Å². The molecule has 0 radical (unpaired) electrons. The fraction of sp³-hybridized carbons (Fsp3) is 0.118. The van der Waals surface area contributed by atoms with Crippen molar-refractivity contribution in [3.05, 3.63) is 76.1 Å². The van der Waals surface area contributed by atoms with Crippen molar-refractivity contribution in [1.29, 1.82) is 0 Å². The molecule has 0 N–H and O–H groups in total. The summed E-state index contributed by atoms with van der Waals surface area (Å²) in [7, 11) is 0. The van der Waals surface area contributed by atoms with Gasteiger partial charge in [-0.25, -0.2) is 0 Å². The van der Waals surface area contributed by atoms with Gasteiger partial charge in [-0.1, -0.05) is 30.3 Å². The van der Waals surface area contributed by atoms with Gasteiger partial charge in [0, 0.05) is 0 Å². The number of para-hydroxylation sites is 2. The molecule has 1 heterocycles. The summed E-state index contributed by atoms with van der Waals surface area (Å²) >= 11 is 0. The molecule has 0 saturated heterocycles. The second-order valence-electron chi connectivity index (χ2n) is 4.64. The first kappa shape index (κ1) is 12.5. The van der Waals surface area contributed by atoms with E-state index in [2.05, 4.69) is 0 Å². The lowest BCUT2D eigenvalue weighted by Crippen LogP contribution is -2.11. The summed E-state index contributed by atoms with van der Waals surface area (Å²) in [4.78, 5) is 12.3. The van der Waals surface area contributed by atoms with Gasteiger partial charge in [0.2, 0.25) is 0 Å². The summed E-state index contributed by atoms with van der Waals surface area (Å²) < 4.78 is 11.2. The average Bonchev–Trinajstić information content (AvgIpc) is 2.48. The summed E-state index contributed by atoms with van der Waals surface area (Å²) in [5.74, 6) is 0.778. The molecule has 20 heavy (non-hydrogen) atoms. The molecule has 0 aliphatic carbocycles. The molecule has 3 rings (SSSR count). The zero-order chi connectivity index (χ0) is 13.9. The number of rotatable bonds is 3. The standard InChI is InChI=1S/C17H14O3/c1-12-6-2-4-8-15(12)19-10-13-11-20-16-9-5-3-7-14(16)17(13)18/h2-9,11H,10H2,1H3. The van der Waals surface area contributed by atoms with Crippen LogP contribution < -0.4 is 10.2 Å². The first-order valence-electron chi connectivity index (χ1n) is 6.43. The van der Waals surface area contributed by atoms with E-state index < -0.39 is 0 Å². The van der Waals surface area contributed by atoms with E-state index >= 15 is 0 Å². The molecule has 0 aliphatic rings. The van der Waals surface area contributed by atoms with Gasteiger partial charge in [-0.15, -0.1) is 0 Å². The lowest BCUT2D eigenvalue weighted by Gasteiger charge is -2.08. The molecule has 0 saturated carbocycles. The Hall–Kier alpha value is -2.55. The molecule has 1 aromatic heterocycles. The van der Waals surface area contributed by atoms with Crippen LogP contribution >= 0.6 is 0 Å². The molecule has 2 aromatic carbocycles. The Balaban J connectivity index is 1.90. The molecule has 3 nitrogen and oxygen atoms in total. The molecule has 100 valence electrons. The fourth-order valence-corrected chi connectivity index (χ4v) is 2.09. The van der Waals surface area contributed by atoms with Crippen molar-refractivity contribution < 1.29 is 9.15 Å². The van der Waals surface area contributed by atoms with Gasteiger partial charge in [-0.3, -0.25) is 4.79 Å². The van der Waals surface area contributed by atoms with Crippen molar-refractivity contribution in [2.24, 2.45) is 0 Å². The monoisotopic (exact) mass is 266 g/mol. The third kappa shape index (κ3) is 2.30. The van der Waals surface area contributed by atoms with Gasteiger partial charge < -0.3 is 9.15 Å². The zero-order valence-electron chi connectivity index (χ0n) is 11.1. The maximum atomic E-state index is 12.3. The van der Waals surface area contributed by atoms with Crippen molar-refractivity contribution >= 4 is 11.0 Å². The van der Waals surface area contributed by atoms with Crippen LogP contribution in [0.4, 0.5) is 0 Å². The van der Waals surface area contributed by atoms with Crippen LogP contribution in [-0.4, -0.2) is 0 Å². The van der Waals surface area contributed by atoms with E-state index in [1.54, 1.807) is 12.1 Å². The summed E-state index contributed by atoms with van der Waals surface area (Å²) in [6, 6.07) is 14.9. The minimum absolute atomic E-state index is 0.0413. The molecule has 0 amide bonds. The van der Waals surface area contributed by atoms with E-state index in [0.29, 0.717) is 16.5 Å². The Labute approximate surface area is 116 Å². The van der Waals surface area contributed by atoms with E-state index in [-0.39, 0.29) is 12.0 Å². The average molecular weight is 266 g/mol. The van der Waals surface area contributed by atoms with Crippen molar-refractivity contribution in [3.8, 4) is 5.75 Å². The lowest BCUT2D eigenvalue weighted by atomic mass is 10.2. The Kier molecular flexibility index (Phi) is 3.25. The van der Waals surface area contributed by atoms with Crippen LogP contribution in [-0.2, 0) is 6.61 Å². The molecular weight excluding hydrogens is 252 g/mol. The van der Waals surface area contributed by atoms with E-state index in [9.17, 15) is 4.79 Å². The van der Waals surface area contributed by atoms with Crippen molar-refractivity contribution in [1.82, 2.24) is 0 Å². The number of aryl methyl sites for hydroxylation is 1. The molecule has 0 spiro atoms. The van der Waals surface area contributed by atoms with Crippen LogP contribution in [0.15, 0.2) is 64.0 Å². The summed E-state index contributed by atoms with van der Waals surface area (Å²) in [6.07, 6.45) is 1.48. The minimum Gasteiger partial charge on any atom is -0.488 e. The highest BCUT2D eigenvalue weighted by Gasteiger charge is 2.07. The summed E-state index contributed by atoms with van der Waals surface area (Å²) in [6.45, 7) is 2.18.